The van der Waals surface area contributed by atoms with E-state index < -0.39 is 0 Å². The van der Waals surface area contributed by atoms with Crippen LogP contribution in [-0.2, 0) is 0 Å². The molecule has 0 spiro atoms. The number of anilines is 1. The van der Waals surface area contributed by atoms with Gasteiger partial charge in [-0.1, -0.05) is 32.0 Å². The maximum Gasteiger partial charge on any atom is 0.116 e. The third kappa shape index (κ3) is 2.57. The largest absolute Gasteiger partial charge is 0.324 e. The summed E-state index contributed by atoms with van der Waals surface area (Å²) in [5.41, 5.74) is 3.79. The van der Waals surface area contributed by atoms with Gasteiger partial charge in [-0.05, 0) is 5.92 Å². The van der Waals surface area contributed by atoms with Crippen LogP contribution in [0.25, 0.3) is 4.91 Å². The molecule has 2 aromatic rings. The van der Waals surface area contributed by atoms with Gasteiger partial charge in [-0.25, -0.2) is 0 Å². The fourth-order valence-electron chi connectivity index (χ4n) is 1.99. The summed E-state index contributed by atoms with van der Waals surface area (Å²) in [4.78, 5) is 13.3. The molecule has 1 aliphatic rings. The van der Waals surface area contributed by atoms with Crippen molar-refractivity contribution in [1.82, 2.24) is 9.97 Å². The molecule has 0 fully saturated rings. The minimum absolute atomic E-state index is 0.461. The molecule has 100 valence electrons. The Morgan fingerprint density at radius 1 is 1.26 bits per heavy atom. The van der Waals surface area contributed by atoms with Gasteiger partial charge in [0, 0.05) is 17.3 Å². The summed E-state index contributed by atoms with van der Waals surface area (Å²) in [6.07, 6.45) is 7.33. The van der Waals surface area contributed by atoms with E-state index in [4.69, 9.17) is 0 Å². The molecule has 2 unspecified atom stereocenters. The Hall–Kier alpha value is -0.850. The van der Waals surface area contributed by atoms with Crippen LogP contribution in [-0.4, -0.2) is 15.3 Å². The van der Waals surface area contributed by atoms with Crippen LogP contribution >= 0.6 is 34.4 Å². The van der Waals surface area contributed by atoms with Crippen LogP contribution in [0.2, 0.25) is 0 Å². The fraction of sp³-hybridized carbons (Fsp3) is 0.385. The molecule has 19 heavy (non-hydrogen) atoms. The van der Waals surface area contributed by atoms with E-state index in [0.29, 0.717) is 11.3 Å². The molecule has 3 heterocycles. The quantitative estimate of drug-likeness (QED) is 0.830. The Morgan fingerprint density at radius 3 is 2.68 bits per heavy atom. The molecule has 0 amide bonds. The van der Waals surface area contributed by atoms with Crippen LogP contribution in [0.4, 0.5) is 5.00 Å². The van der Waals surface area contributed by atoms with E-state index in [1.165, 1.54) is 21.2 Å². The van der Waals surface area contributed by atoms with Gasteiger partial charge in [0.15, 0.2) is 0 Å². The molecule has 1 aliphatic heterocycles. The van der Waals surface area contributed by atoms with Crippen molar-refractivity contribution in [3.8, 4) is 0 Å². The normalized spacial score (nSPS) is 20.6. The highest BCUT2D eigenvalue weighted by atomic mass is 32.2. The lowest BCUT2D eigenvalue weighted by atomic mass is 10.1. The van der Waals surface area contributed by atoms with Crippen molar-refractivity contribution in [3.63, 3.8) is 0 Å². The third-order valence-corrected chi connectivity index (χ3v) is 6.49. The van der Waals surface area contributed by atoms with E-state index in [2.05, 4.69) is 34.9 Å². The minimum Gasteiger partial charge on any atom is -0.324 e. The molecule has 0 bridgehead atoms. The van der Waals surface area contributed by atoms with E-state index in [1.54, 1.807) is 22.7 Å². The van der Waals surface area contributed by atoms with Gasteiger partial charge in [0.25, 0.3) is 0 Å². The lowest BCUT2D eigenvalue weighted by molar-refractivity contribution is 0.540. The molecule has 6 heteroatoms. The molecule has 0 aliphatic carbocycles. The lowest BCUT2D eigenvalue weighted by Crippen LogP contribution is -2.29. The summed E-state index contributed by atoms with van der Waals surface area (Å²) >= 11 is 5.34. The Kier molecular flexibility index (Phi) is 3.91. The molecule has 2 atom stereocenters. The number of nitrogens with zero attached hydrogens (tertiary/aromatic N) is 3. The van der Waals surface area contributed by atoms with Crippen molar-refractivity contribution in [2.75, 3.05) is 4.90 Å². The van der Waals surface area contributed by atoms with Crippen LogP contribution in [0, 0.1) is 5.92 Å². The standard InChI is InChI=1S/C13H15N3S3/c1-3-9(2)13-16(12-5-15-8-18-12)6-11(19-13)10-4-14-7-17-10/h4-9,13H,3H2,1-2H3. The number of hydrogen-bond acceptors (Lipinski definition) is 6. The van der Waals surface area contributed by atoms with Gasteiger partial charge < -0.3 is 4.90 Å². The molecule has 2 aromatic heterocycles. The average Bonchev–Trinajstić information content (AvgIpc) is 3.14. The zero-order chi connectivity index (χ0) is 13.2. The molecule has 0 saturated heterocycles. The first-order valence-electron chi connectivity index (χ1n) is 6.23. The molecule has 0 aromatic carbocycles. The second kappa shape index (κ2) is 5.64. The smallest absolute Gasteiger partial charge is 0.116 e. The summed E-state index contributed by atoms with van der Waals surface area (Å²) in [5, 5.41) is 1.68. The molecule has 3 rings (SSSR count). The molecule has 0 saturated carbocycles. The van der Waals surface area contributed by atoms with Crippen LogP contribution < -0.4 is 4.90 Å². The second-order valence-electron chi connectivity index (χ2n) is 4.50. The van der Waals surface area contributed by atoms with Crippen molar-refractivity contribution in [3.05, 3.63) is 34.5 Å². The predicted octanol–water partition coefficient (Wildman–Crippen LogP) is 4.52. The molecule has 0 radical (unpaired) electrons. The van der Waals surface area contributed by atoms with Crippen molar-refractivity contribution < 1.29 is 0 Å². The molecular formula is C13H15N3S3. The summed E-state index contributed by atoms with van der Waals surface area (Å²) in [6, 6.07) is 0. The maximum absolute atomic E-state index is 4.20. The summed E-state index contributed by atoms with van der Waals surface area (Å²) < 4.78 is 0. The van der Waals surface area contributed by atoms with Crippen LogP contribution in [0.15, 0.2) is 29.6 Å². The van der Waals surface area contributed by atoms with Gasteiger partial charge in [0.05, 0.1) is 27.5 Å². The van der Waals surface area contributed by atoms with Crippen molar-refractivity contribution in [2.45, 2.75) is 25.6 Å². The van der Waals surface area contributed by atoms with Crippen molar-refractivity contribution >= 4 is 44.3 Å². The zero-order valence-electron chi connectivity index (χ0n) is 10.8. The lowest BCUT2D eigenvalue weighted by Gasteiger charge is -2.27. The third-order valence-electron chi connectivity index (χ3n) is 3.26. The Balaban J connectivity index is 1.92. The monoisotopic (exact) mass is 309 g/mol. The number of thiazole rings is 2. The van der Waals surface area contributed by atoms with Gasteiger partial charge in [-0.3, -0.25) is 9.97 Å². The maximum atomic E-state index is 4.20. The summed E-state index contributed by atoms with van der Waals surface area (Å²) in [6.45, 7) is 4.57. The van der Waals surface area contributed by atoms with Crippen LogP contribution in [0.5, 0.6) is 0 Å². The van der Waals surface area contributed by atoms with Crippen LogP contribution in [0.1, 0.15) is 25.1 Å². The van der Waals surface area contributed by atoms with E-state index in [0.717, 1.165) is 0 Å². The number of aromatic nitrogens is 2. The Labute approximate surface area is 125 Å². The molecular weight excluding hydrogens is 294 g/mol. The Bertz CT molecular complexity index is 548. The number of rotatable bonds is 4. The van der Waals surface area contributed by atoms with Crippen molar-refractivity contribution in [2.24, 2.45) is 5.92 Å². The molecule has 3 nitrogen and oxygen atoms in total. The SMILES string of the molecule is CCC(C)C1SC(c2cncs2)=CN1c1cncs1. The van der Waals surface area contributed by atoms with Gasteiger partial charge in [-0.2, -0.15) is 0 Å². The average molecular weight is 309 g/mol. The van der Waals surface area contributed by atoms with Gasteiger partial charge in [-0.15, -0.1) is 22.7 Å². The van der Waals surface area contributed by atoms with E-state index in [1.807, 2.05) is 35.2 Å². The van der Waals surface area contributed by atoms with Gasteiger partial charge in [0.2, 0.25) is 0 Å². The van der Waals surface area contributed by atoms with E-state index >= 15 is 0 Å². The van der Waals surface area contributed by atoms with Gasteiger partial charge >= 0.3 is 0 Å². The highest BCUT2D eigenvalue weighted by Gasteiger charge is 2.32. The summed E-state index contributed by atoms with van der Waals surface area (Å²) in [7, 11) is 0. The highest BCUT2D eigenvalue weighted by Crippen LogP contribution is 2.46. The van der Waals surface area contributed by atoms with E-state index in [-0.39, 0.29) is 0 Å². The summed E-state index contributed by atoms with van der Waals surface area (Å²) in [5.74, 6) is 0.633. The van der Waals surface area contributed by atoms with E-state index in [9.17, 15) is 0 Å². The highest BCUT2D eigenvalue weighted by molar-refractivity contribution is 8.09. The van der Waals surface area contributed by atoms with Crippen molar-refractivity contribution in [1.29, 1.82) is 0 Å². The van der Waals surface area contributed by atoms with Gasteiger partial charge in [0.1, 0.15) is 5.00 Å². The number of thioether (sulfide) groups is 1. The first kappa shape index (κ1) is 13.1. The second-order valence-corrected chi connectivity index (χ2v) is 7.41. The molecule has 0 N–H and O–H groups in total. The van der Waals surface area contributed by atoms with Crippen LogP contribution in [0.3, 0.4) is 0 Å². The first-order chi connectivity index (χ1) is 9.29. The first-order valence-corrected chi connectivity index (χ1v) is 8.87. The predicted molar refractivity (Wildman–Crippen MR) is 85.5 cm³/mol. The zero-order valence-corrected chi connectivity index (χ0v) is 13.3. The topological polar surface area (TPSA) is 29.0 Å². The Morgan fingerprint density at radius 2 is 2.05 bits per heavy atom. The minimum atomic E-state index is 0.461. The number of hydrogen-bond donors (Lipinski definition) is 0. The fourth-order valence-corrected chi connectivity index (χ4v) is 4.83.